The zero-order valence-electron chi connectivity index (χ0n) is 14.3. The van der Waals surface area contributed by atoms with Crippen LogP contribution in [0.4, 0.5) is 0 Å². The van der Waals surface area contributed by atoms with Crippen LogP contribution in [0, 0.1) is 3.57 Å². The van der Waals surface area contributed by atoms with Crippen molar-refractivity contribution in [2.24, 2.45) is 0 Å². The maximum atomic E-state index is 12.2. The van der Waals surface area contributed by atoms with Gasteiger partial charge in [-0.3, -0.25) is 14.6 Å². The van der Waals surface area contributed by atoms with Crippen LogP contribution in [0.5, 0.6) is 0 Å². The summed E-state index contributed by atoms with van der Waals surface area (Å²) >= 11 is 2.23. The molecule has 1 saturated heterocycles. The van der Waals surface area contributed by atoms with E-state index in [1.165, 1.54) is 5.56 Å². The Morgan fingerprint density at radius 2 is 1.68 bits per heavy atom. The van der Waals surface area contributed by atoms with Crippen molar-refractivity contribution in [1.29, 1.82) is 0 Å². The Morgan fingerprint density at radius 3 is 2.40 bits per heavy atom. The summed E-state index contributed by atoms with van der Waals surface area (Å²) in [5, 5.41) is 3.03. The van der Waals surface area contributed by atoms with Gasteiger partial charge >= 0.3 is 0 Å². The van der Waals surface area contributed by atoms with E-state index in [1.54, 1.807) is 0 Å². The van der Waals surface area contributed by atoms with Gasteiger partial charge in [0.25, 0.3) is 5.91 Å². The predicted molar refractivity (Wildman–Crippen MR) is 110 cm³/mol. The van der Waals surface area contributed by atoms with Crippen LogP contribution in [0.1, 0.15) is 15.9 Å². The molecule has 0 aromatic heterocycles. The molecule has 1 N–H and O–H groups in total. The summed E-state index contributed by atoms with van der Waals surface area (Å²) in [6.07, 6.45) is 0. The first-order chi connectivity index (χ1) is 12.2. The SMILES string of the molecule is O=C(NCCN1CCN(Cc2ccccc2)CC1)c1cccc(I)c1. The van der Waals surface area contributed by atoms with E-state index in [0.717, 1.165) is 48.4 Å². The van der Waals surface area contributed by atoms with E-state index in [9.17, 15) is 4.79 Å². The summed E-state index contributed by atoms with van der Waals surface area (Å²) in [5.74, 6) is 0.0150. The molecule has 132 valence electrons. The molecule has 25 heavy (non-hydrogen) atoms. The Kier molecular flexibility index (Phi) is 6.84. The Morgan fingerprint density at radius 1 is 0.960 bits per heavy atom. The molecular weight excluding hydrogens is 425 g/mol. The number of amides is 1. The third-order valence-electron chi connectivity index (χ3n) is 4.51. The Bertz CT molecular complexity index is 684. The number of piperazine rings is 1. The van der Waals surface area contributed by atoms with E-state index in [4.69, 9.17) is 0 Å². The normalized spacial score (nSPS) is 15.9. The van der Waals surface area contributed by atoms with Gasteiger partial charge in [-0.25, -0.2) is 0 Å². The number of carbonyl (C=O) groups excluding carboxylic acids is 1. The van der Waals surface area contributed by atoms with Crippen molar-refractivity contribution in [2.75, 3.05) is 39.3 Å². The van der Waals surface area contributed by atoms with E-state index in [2.05, 4.69) is 68.0 Å². The molecule has 4 nitrogen and oxygen atoms in total. The van der Waals surface area contributed by atoms with Crippen molar-refractivity contribution in [1.82, 2.24) is 15.1 Å². The summed E-state index contributed by atoms with van der Waals surface area (Å²) in [7, 11) is 0. The zero-order chi connectivity index (χ0) is 17.5. The second-order valence-electron chi connectivity index (χ2n) is 6.37. The van der Waals surface area contributed by atoms with Gasteiger partial charge < -0.3 is 5.32 Å². The maximum absolute atomic E-state index is 12.2. The van der Waals surface area contributed by atoms with E-state index >= 15 is 0 Å². The fraction of sp³-hybridized carbons (Fsp3) is 0.350. The van der Waals surface area contributed by atoms with Gasteiger partial charge in [0, 0.05) is 54.9 Å². The molecule has 0 bridgehead atoms. The van der Waals surface area contributed by atoms with Gasteiger partial charge in [-0.2, -0.15) is 0 Å². The predicted octanol–water partition coefficient (Wildman–Crippen LogP) is 2.84. The Labute approximate surface area is 163 Å². The highest BCUT2D eigenvalue weighted by atomic mass is 127. The molecule has 0 atom stereocenters. The largest absolute Gasteiger partial charge is 0.351 e. The number of rotatable bonds is 6. The number of nitrogens with zero attached hydrogens (tertiary/aromatic N) is 2. The van der Waals surface area contributed by atoms with E-state index in [0.29, 0.717) is 6.54 Å². The first-order valence-electron chi connectivity index (χ1n) is 8.73. The molecule has 2 aromatic carbocycles. The van der Waals surface area contributed by atoms with Crippen LogP contribution in [0.25, 0.3) is 0 Å². The Hall–Kier alpha value is -1.44. The van der Waals surface area contributed by atoms with Crippen LogP contribution in [0.3, 0.4) is 0 Å². The quantitative estimate of drug-likeness (QED) is 0.690. The zero-order valence-corrected chi connectivity index (χ0v) is 16.5. The van der Waals surface area contributed by atoms with E-state index in [1.807, 2.05) is 24.3 Å². The highest BCUT2D eigenvalue weighted by molar-refractivity contribution is 14.1. The fourth-order valence-corrected chi connectivity index (χ4v) is 3.62. The lowest BCUT2D eigenvalue weighted by Crippen LogP contribution is -2.48. The minimum Gasteiger partial charge on any atom is -0.351 e. The first kappa shape index (κ1) is 18.4. The summed E-state index contributed by atoms with van der Waals surface area (Å²) in [6, 6.07) is 18.3. The molecule has 2 aromatic rings. The number of hydrogen-bond acceptors (Lipinski definition) is 3. The summed E-state index contributed by atoms with van der Waals surface area (Å²) in [5.41, 5.74) is 2.11. The van der Waals surface area contributed by atoms with Gasteiger partial charge in [0.15, 0.2) is 0 Å². The number of hydrogen-bond donors (Lipinski definition) is 1. The van der Waals surface area contributed by atoms with Crippen molar-refractivity contribution in [3.8, 4) is 0 Å². The van der Waals surface area contributed by atoms with Crippen molar-refractivity contribution >= 4 is 28.5 Å². The van der Waals surface area contributed by atoms with E-state index in [-0.39, 0.29) is 5.91 Å². The molecule has 1 aliphatic heterocycles. The summed E-state index contributed by atoms with van der Waals surface area (Å²) < 4.78 is 1.08. The molecule has 1 fully saturated rings. The first-order valence-corrected chi connectivity index (χ1v) is 9.81. The van der Waals surface area contributed by atoms with Crippen LogP contribution in [0.2, 0.25) is 0 Å². The molecular formula is C20H24IN3O. The van der Waals surface area contributed by atoms with Gasteiger partial charge in [0.1, 0.15) is 0 Å². The number of nitrogens with one attached hydrogen (secondary N) is 1. The molecule has 0 saturated carbocycles. The van der Waals surface area contributed by atoms with Gasteiger partial charge in [0.05, 0.1) is 0 Å². The minimum absolute atomic E-state index is 0.0150. The van der Waals surface area contributed by atoms with Crippen LogP contribution in [-0.2, 0) is 6.54 Å². The van der Waals surface area contributed by atoms with Crippen LogP contribution in [-0.4, -0.2) is 55.0 Å². The minimum atomic E-state index is 0.0150. The third-order valence-corrected chi connectivity index (χ3v) is 5.19. The molecule has 0 aliphatic carbocycles. The highest BCUT2D eigenvalue weighted by Gasteiger charge is 2.16. The summed E-state index contributed by atoms with van der Waals surface area (Å²) in [6.45, 7) is 6.92. The summed E-state index contributed by atoms with van der Waals surface area (Å²) in [4.78, 5) is 17.1. The molecule has 1 amide bonds. The lowest BCUT2D eigenvalue weighted by Gasteiger charge is -2.34. The fourth-order valence-electron chi connectivity index (χ4n) is 3.07. The second kappa shape index (κ2) is 9.31. The van der Waals surface area contributed by atoms with E-state index < -0.39 is 0 Å². The van der Waals surface area contributed by atoms with Gasteiger partial charge in [0.2, 0.25) is 0 Å². The monoisotopic (exact) mass is 449 g/mol. The average molecular weight is 449 g/mol. The van der Waals surface area contributed by atoms with Gasteiger partial charge in [-0.15, -0.1) is 0 Å². The van der Waals surface area contributed by atoms with Gasteiger partial charge in [-0.1, -0.05) is 36.4 Å². The highest BCUT2D eigenvalue weighted by Crippen LogP contribution is 2.09. The van der Waals surface area contributed by atoms with Crippen LogP contribution >= 0.6 is 22.6 Å². The number of benzene rings is 2. The van der Waals surface area contributed by atoms with Gasteiger partial charge in [-0.05, 0) is 46.4 Å². The topological polar surface area (TPSA) is 35.6 Å². The van der Waals surface area contributed by atoms with Crippen molar-refractivity contribution in [3.05, 3.63) is 69.3 Å². The van der Waals surface area contributed by atoms with Crippen LogP contribution in [0.15, 0.2) is 54.6 Å². The number of carbonyl (C=O) groups is 1. The van der Waals surface area contributed by atoms with Crippen LogP contribution < -0.4 is 5.32 Å². The second-order valence-corrected chi connectivity index (χ2v) is 7.62. The number of halogens is 1. The smallest absolute Gasteiger partial charge is 0.251 e. The van der Waals surface area contributed by atoms with Crippen molar-refractivity contribution in [3.63, 3.8) is 0 Å². The molecule has 5 heteroatoms. The lowest BCUT2D eigenvalue weighted by molar-refractivity contribution is 0.0934. The lowest BCUT2D eigenvalue weighted by atomic mass is 10.2. The Balaban J connectivity index is 1.36. The standard InChI is InChI=1S/C20H24IN3O/c21-19-8-4-7-18(15-19)20(25)22-9-10-23-11-13-24(14-12-23)16-17-5-2-1-3-6-17/h1-8,15H,9-14,16H2,(H,22,25). The molecule has 0 radical (unpaired) electrons. The molecule has 1 aliphatic rings. The molecule has 0 spiro atoms. The molecule has 0 unspecified atom stereocenters. The maximum Gasteiger partial charge on any atom is 0.251 e. The van der Waals surface area contributed by atoms with Crippen molar-refractivity contribution in [2.45, 2.75) is 6.54 Å². The molecule has 1 heterocycles. The third kappa shape index (κ3) is 5.80. The average Bonchev–Trinajstić information content (AvgIpc) is 2.64. The van der Waals surface area contributed by atoms with Crippen molar-refractivity contribution < 1.29 is 4.79 Å². The molecule has 3 rings (SSSR count).